The minimum Gasteiger partial charge on any atom is -0.278 e. The van der Waals surface area contributed by atoms with Gasteiger partial charge in [0.05, 0.1) is 27.8 Å². The molecular weight excluding hydrogens is 704 g/mol. The van der Waals surface area contributed by atoms with Crippen LogP contribution in [0.3, 0.4) is 0 Å². The average molecular weight is 732 g/mol. The van der Waals surface area contributed by atoms with E-state index in [9.17, 15) is 0 Å². The van der Waals surface area contributed by atoms with Gasteiger partial charge in [0, 0.05) is 48.9 Å². The molecule has 0 aliphatic rings. The fraction of sp³-hybridized carbons (Fsp3) is 0. The minimum atomic E-state index is 0.549. The molecule has 0 bridgehead atoms. The molecule has 0 radical (unpaired) electrons. The van der Waals surface area contributed by atoms with Crippen LogP contribution in [0, 0.1) is 0 Å². The van der Waals surface area contributed by atoms with Crippen molar-refractivity contribution in [2.24, 2.45) is 0 Å². The molecule has 0 N–H and O–H groups in total. The molecule has 4 heterocycles. The van der Waals surface area contributed by atoms with Gasteiger partial charge in [-0.25, -0.2) is 9.97 Å². The van der Waals surface area contributed by atoms with E-state index < -0.39 is 0 Å². The van der Waals surface area contributed by atoms with Gasteiger partial charge in [0.25, 0.3) is 0 Å². The van der Waals surface area contributed by atoms with Crippen molar-refractivity contribution < 1.29 is 0 Å². The third kappa shape index (κ3) is 5.22. The van der Waals surface area contributed by atoms with Crippen molar-refractivity contribution in [2.75, 3.05) is 0 Å². The number of rotatable bonds is 5. The van der Waals surface area contributed by atoms with E-state index in [0.717, 1.165) is 81.6 Å². The molecule has 0 aliphatic carbocycles. The molecule has 0 saturated carbocycles. The minimum absolute atomic E-state index is 0.549. The van der Waals surface area contributed by atoms with E-state index >= 15 is 0 Å². The van der Waals surface area contributed by atoms with E-state index in [4.69, 9.17) is 19.9 Å². The molecule has 52 heavy (non-hydrogen) atoms. The summed E-state index contributed by atoms with van der Waals surface area (Å²) in [6.45, 7) is 0. The van der Waals surface area contributed by atoms with Gasteiger partial charge >= 0.3 is 0 Å². The summed E-state index contributed by atoms with van der Waals surface area (Å²) in [7, 11) is 0. The van der Waals surface area contributed by atoms with Gasteiger partial charge in [-0.05, 0) is 53.6 Å². The van der Waals surface area contributed by atoms with E-state index in [-0.39, 0.29) is 0 Å². The maximum atomic E-state index is 5.19. The number of halogens is 1. The zero-order valence-corrected chi connectivity index (χ0v) is 29.2. The van der Waals surface area contributed by atoms with Gasteiger partial charge in [0.15, 0.2) is 11.6 Å². The van der Waals surface area contributed by atoms with Gasteiger partial charge < -0.3 is 0 Å². The molecular formula is C45H27BrN6. The van der Waals surface area contributed by atoms with Gasteiger partial charge in [-0.2, -0.15) is 9.97 Å². The van der Waals surface area contributed by atoms with Crippen LogP contribution in [0.1, 0.15) is 0 Å². The van der Waals surface area contributed by atoms with Gasteiger partial charge in [-0.1, -0.05) is 131 Å². The largest absolute Gasteiger partial charge is 0.278 e. The molecule has 0 spiro atoms. The van der Waals surface area contributed by atoms with Crippen molar-refractivity contribution >= 4 is 59.5 Å². The Morgan fingerprint density at radius 3 is 1.77 bits per heavy atom. The van der Waals surface area contributed by atoms with Crippen LogP contribution in [0.15, 0.2) is 168 Å². The predicted octanol–water partition coefficient (Wildman–Crippen LogP) is 11.5. The number of nitrogens with zero attached hydrogens (tertiary/aromatic N) is 6. The summed E-state index contributed by atoms with van der Waals surface area (Å²) in [5, 5.41) is 4.38. The molecule has 4 aromatic heterocycles. The summed E-state index contributed by atoms with van der Waals surface area (Å²) in [5.41, 5.74) is 9.61. The van der Waals surface area contributed by atoms with Crippen LogP contribution in [0.4, 0.5) is 0 Å². The summed E-state index contributed by atoms with van der Waals surface area (Å²) < 4.78 is 3.03. The van der Waals surface area contributed by atoms with Crippen LogP contribution >= 0.6 is 15.9 Å². The van der Waals surface area contributed by atoms with Gasteiger partial charge in [0.2, 0.25) is 5.95 Å². The van der Waals surface area contributed by atoms with Crippen LogP contribution in [0.25, 0.3) is 94.7 Å². The smallest absolute Gasteiger partial charge is 0.238 e. The van der Waals surface area contributed by atoms with Crippen LogP contribution in [-0.2, 0) is 0 Å². The Morgan fingerprint density at radius 1 is 0.423 bits per heavy atom. The topological polar surface area (TPSA) is 69.4 Å². The lowest BCUT2D eigenvalue weighted by molar-refractivity contribution is 0.953. The zero-order valence-electron chi connectivity index (χ0n) is 27.6. The van der Waals surface area contributed by atoms with E-state index in [1.54, 1.807) is 0 Å². The number of hydrogen-bond acceptors (Lipinski definition) is 5. The number of pyridine rings is 2. The molecule has 0 fully saturated rings. The first-order chi connectivity index (χ1) is 25.7. The monoisotopic (exact) mass is 730 g/mol. The van der Waals surface area contributed by atoms with Crippen molar-refractivity contribution in [1.29, 1.82) is 0 Å². The quantitative estimate of drug-likeness (QED) is 0.165. The number of hydrogen-bond donors (Lipinski definition) is 0. The molecule has 244 valence electrons. The number of aromatic nitrogens is 6. The second-order valence-corrected chi connectivity index (χ2v) is 13.6. The third-order valence-electron chi connectivity index (χ3n) is 9.54. The molecule has 7 heteroatoms. The maximum Gasteiger partial charge on any atom is 0.238 e. The Morgan fingerprint density at radius 2 is 1.02 bits per heavy atom. The Hall–Kier alpha value is -6.57. The third-order valence-corrected chi connectivity index (χ3v) is 10.00. The van der Waals surface area contributed by atoms with Crippen molar-refractivity contribution in [3.63, 3.8) is 0 Å². The summed E-state index contributed by atoms with van der Waals surface area (Å²) in [6, 6.07) is 54.2. The number of fused-ring (bicyclic) bond motifs is 6. The van der Waals surface area contributed by atoms with Gasteiger partial charge in [-0.3, -0.25) is 9.55 Å². The molecule has 10 rings (SSSR count). The maximum absolute atomic E-state index is 5.19. The van der Waals surface area contributed by atoms with Crippen LogP contribution < -0.4 is 0 Å². The Kier molecular flexibility index (Phi) is 7.18. The number of benzene rings is 6. The lowest BCUT2D eigenvalue weighted by Crippen LogP contribution is -2.06. The van der Waals surface area contributed by atoms with E-state index in [1.165, 1.54) is 0 Å². The van der Waals surface area contributed by atoms with E-state index in [0.29, 0.717) is 17.6 Å². The molecule has 6 nitrogen and oxygen atoms in total. The van der Waals surface area contributed by atoms with Crippen molar-refractivity contribution in [2.45, 2.75) is 0 Å². The van der Waals surface area contributed by atoms with Crippen molar-refractivity contribution in [3.8, 4) is 51.1 Å². The SMILES string of the molecule is Brc1cc(-c2ccc3ccc4cccnc4c3n2)cc(-c2nc(-c3ccc(-c4ccccc4)cc3)nc(-n3c4ccccc4c4ccccc43)n2)c1. The lowest BCUT2D eigenvalue weighted by atomic mass is 10.0. The zero-order chi connectivity index (χ0) is 34.6. The fourth-order valence-electron chi connectivity index (χ4n) is 7.05. The first-order valence-corrected chi connectivity index (χ1v) is 17.8. The first kappa shape index (κ1) is 30.3. The Balaban J connectivity index is 1.17. The second-order valence-electron chi connectivity index (χ2n) is 12.7. The normalized spacial score (nSPS) is 11.6. The lowest BCUT2D eigenvalue weighted by Gasteiger charge is -2.12. The summed E-state index contributed by atoms with van der Waals surface area (Å²) in [6.07, 6.45) is 1.82. The highest BCUT2D eigenvalue weighted by molar-refractivity contribution is 9.10. The molecule has 0 unspecified atom stereocenters. The highest BCUT2D eigenvalue weighted by Gasteiger charge is 2.19. The number of para-hydroxylation sites is 2. The standard InChI is InChI=1S/C45H27BrN6/c46-35-26-33(38-23-22-31-19-18-30-11-8-24-47-41(30)42(31)48-38)25-34(27-35)44-49-43(32-20-16-29(17-21-32)28-9-2-1-3-10-28)50-45(51-44)52-39-14-6-4-12-36(39)37-13-5-7-15-40(37)52/h1-27H. The molecule has 10 aromatic rings. The van der Waals surface area contributed by atoms with Crippen LogP contribution in [0.5, 0.6) is 0 Å². The fourth-order valence-corrected chi connectivity index (χ4v) is 7.55. The van der Waals surface area contributed by atoms with Crippen molar-refractivity contribution in [1.82, 2.24) is 29.5 Å². The van der Waals surface area contributed by atoms with Gasteiger partial charge in [-0.15, -0.1) is 0 Å². The van der Waals surface area contributed by atoms with Gasteiger partial charge in [0.1, 0.15) is 0 Å². The van der Waals surface area contributed by atoms with Crippen LogP contribution in [0.2, 0.25) is 0 Å². The molecule has 6 aromatic carbocycles. The summed E-state index contributed by atoms with van der Waals surface area (Å²) in [5.74, 6) is 1.70. The average Bonchev–Trinajstić information content (AvgIpc) is 3.55. The van der Waals surface area contributed by atoms with Crippen molar-refractivity contribution in [3.05, 3.63) is 168 Å². The van der Waals surface area contributed by atoms with Crippen LogP contribution in [-0.4, -0.2) is 29.5 Å². The Bertz CT molecular complexity index is 2920. The molecule has 0 amide bonds. The Labute approximate surface area is 307 Å². The molecule has 0 aliphatic heterocycles. The molecule has 0 saturated heterocycles. The molecule has 0 atom stereocenters. The summed E-state index contributed by atoms with van der Waals surface area (Å²) >= 11 is 3.80. The predicted molar refractivity (Wildman–Crippen MR) is 214 cm³/mol. The van der Waals surface area contributed by atoms with E-state index in [2.05, 4.69) is 171 Å². The van der Waals surface area contributed by atoms with E-state index in [1.807, 2.05) is 18.3 Å². The second kappa shape index (κ2) is 12.3. The first-order valence-electron chi connectivity index (χ1n) is 17.0. The summed E-state index contributed by atoms with van der Waals surface area (Å²) in [4.78, 5) is 25.3. The highest BCUT2D eigenvalue weighted by atomic mass is 79.9. The highest BCUT2D eigenvalue weighted by Crippen LogP contribution is 2.35.